The van der Waals surface area contributed by atoms with Crippen molar-refractivity contribution in [3.63, 3.8) is 0 Å². The molecule has 0 atom stereocenters. The van der Waals surface area contributed by atoms with Crippen molar-refractivity contribution in [2.75, 3.05) is 39.2 Å². The van der Waals surface area contributed by atoms with E-state index >= 15 is 0 Å². The van der Waals surface area contributed by atoms with Crippen LogP contribution in [-0.2, 0) is 4.74 Å². The maximum atomic E-state index is 7.92. The average molecular weight is 178 g/mol. The van der Waals surface area contributed by atoms with Gasteiger partial charge in [0, 0.05) is 24.5 Å². The number of hydrogen-bond donors (Lipinski definition) is 1. The molecular formula is C9H18N2O. The van der Waals surface area contributed by atoms with Crippen molar-refractivity contribution in [2.45, 2.75) is 18.9 Å². The number of rotatable bonds is 1. The Hall–Kier alpha value is -0.120. The van der Waals surface area contributed by atoms with Crippen molar-refractivity contribution in [3.8, 4) is 0 Å². The summed E-state index contributed by atoms with van der Waals surface area (Å²) in [7, 11) is 0. The fourth-order valence-corrected chi connectivity index (χ4v) is 1.44. The van der Waals surface area contributed by atoms with Crippen LogP contribution in [0.3, 0.4) is 0 Å². The highest BCUT2D eigenvalue weighted by molar-refractivity contribution is 4.78. The Bertz CT molecular complexity index is 356. The van der Waals surface area contributed by atoms with Gasteiger partial charge in [-0.25, -0.2) is 0 Å². The first-order chi connectivity index (χ1) is 8.93. The lowest BCUT2D eigenvalue weighted by atomic mass is 10.0. The van der Waals surface area contributed by atoms with Crippen molar-refractivity contribution in [3.05, 3.63) is 0 Å². The maximum Gasteiger partial charge on any atom is 0.0594 e. The zero-order valence-corrected chi connectivity index (χ0v) is 6.76. The third kappa shape index (κ3) is 1.97. The highest BCUT2D eigenvalue weighted by atomic mass is 16.5. The summed E-state index contributed by atoms with van der Waals surface area (Å²) in [5.41, 5.74) is 0. The molecule has 2 fully saturated rings. The molecule has 0 amide bonds. The first-order valence-electron chi connectivity index (χ1n) is 8.14. The third-order valence-electron chi connectivity index (χ3n) is 2.11. The summed E-state index contributed by atoms with van der Waals surface area (Å²) in [5, 5.41) is 3.06. The highest BCUT2D eigenvalue weighted by Gasteiger charge is 2.21. The normalized spacial score (nSPS) is 55.7. The molecule has 0 aromatic carbocycles. The van der Waals surface area contributed by atoms with E-state index in [0.717, 1.165) is 0 Å². The Balaban J connectivity index is 2.46. The molecule has 0 aromatic rings. The van der Waals surface area contributed by atoms with Gasteiger partial charge in [0.1, 0.15) is 0 Å². The number of nitrogens with zero attached hydrogens (tertiary/aromatic N) is 1. The van der Waals surface area contributed by atoms with Gasteiger partial charge < -0.3 is 10.1 Å². The molecule has 0 aliphatic carbocycles. The van der Waals surface area contributed by atoms with Gasteiger partial charge in [0.25, 0.3) is 0 Å². The minimum absolute atomic E-state index is 0.422. The highest BCUT2D eigenvalue weighted by Crippen LogP contribution is 2.12. The molecule has 3 nitrogen and oxygen atoms in total. The third-order valence-corrected chi connectivity index (χ3v) is 2.11. The van der Waals surface area contributed by atoms with E-state index in [4.69, 9.17) is 11.0 Å². The lowest BCUT2D eigenvalue weighted by Gasteiger charge is -2.36. The zero-order valence-electron chi connectivity index (χ0n) is 14.8. The van der Waals surface area contributed by atoms with E-state index in [0.29, 0.717) is 30.8 Å². The Morgan fingerprint density at radius 3 is 2.58 bits per heavy atom. The van der Waals surface area contributed by atoms with Gasteiger partial charge in [0.2, 0.25) is 0 Å². The molecular weight excluding hydrogens is 152 g/mol. The van der Waals surface area contributed by atoms with Crippen LogP contribution in [-0.4, -0.2) is 50.1 Å². The number of ether oxygens (including phenoxy) is 1. The summed E-state index contributed by atoms with van der Waals surface area (Å²) in [4.78, 5) is 0.685. The van der Waals surface area contributed by atoms with E-state index in [1.54, 1.807) is 0 Å². The van der Waals surface area contributed by atoms with Gasteiger partial charge in [0.05, 0.1) is 18.6 Å². The Kier molecular flexibility index (Phi) is 1.13. The van der Waals surface area contributed by atoms with Crippen molar-refractivity contribution >= 4 is 0 Å². The summed E-state index contributed by atoms with van der Waals surface area (Å²) in [5.74, 6) is 0. The van der Waals surface area contributed by atoms with Crippen molar-refractivity contribution in [1.82, 2.24) is 10.2 Å². The monoisotopic (exact) mass is 178 g/mol. The van der Waals surface area contributed by atoms with E-state index in [-0.39, 0.29) is 0 Å². The lowest BCUT2D eigenvalue weighted by Crippen LogP contribution is -2.47. The molecule has 0 unspecified atom stereocenters. The molecule has 2 aliphatic rings. The van der Waals surface area contributed by atoms with Crippen LogP contribution < -0.4 is 5.32 Å². The summed E-state index contributed by atoms with van der Waals surface area (Å²) >= 11 is 0. The fraction of sp³-hybridized carbons (Fsp3) is 1.00. The quantitative estimate of drug-likeness (QED) is 0.615. The van der Waals surface area contributed by atoms with Crippen LogP contribution in [0.15, 0.2) is 0 Å². The number of hydrogen-bond acceptors (Lipinski definition) is 3. The average Bonchev–Trinajstić information content (AvgIpc) is 2.26. The van der Waals surface area contributed by atoms with Gasteiger partial charge in [0.15, 0.2) is 0 Å². The first-order valence-corrected chi connectivity index (χ1v) is 4.14. The van der Waals surface area contributed by atoms with Crippen molar-refractivity contribution in [1.29, 1.82) is 0 Å². The smallest absolute Gasteiger partial charge is 0.0594 e. The molecule has 2 saturated heterocycles. The van der Waals surface area contributed by atoms with Crippen LogP contribution in [0.1, 0.15) is 23.8 Å². The first kappa shape index (κ1) is 3.23. The lowest BCUT2D eigenvalue weighted by molar-refractivity contribution is 0.0101. The van der Waals surface area contributed by atoms with Crippen LogP contribution in [0.25, 0.3) is 0 Å². The predicted octanol–water partition coefficient (Wildman–Crippen LogP) is 0.0706. The van der Waals surface area contributed by atoms with Gasteiger partial charge in [-0.3, -0.25) is 4.90 Å². The minimum Gasteiger partial charge on any atom is -0.379 e. The van der Waals surface area contributed by atoms with Gasteiger partial charge in [-0.15, -0.1) is 0 Å². The van der Waals surface area contributed by atoms with Gasteiger partial charge in [-0.1, -0.05) is 0 Å². The second-order valence-electron chi connectivity index (χ2n) is 2.88. The van der Waals surface area contributed by atoms with E-state index in [9.17, 15) is 0 Å². The minimum atomic E-state index is -2.94. The van der Waals surface area contributed by atoms with E-state index in [1.807, 2.05) is 0 Å². The SMILES string of the molecule is [2H]C1([2H])OC([2H])([2H])C([2H])([2H])N(C2CCNCC2)C1([2H])[2H]. The predicted molar refractivity (Wildman–Crippen MR) is 48.3 cm³/mol. The molecule has 3 heteroatoms. The van der Waals surface area contributed by atoms with Gasteiger partial charge in [-0.05, 0) is 25.9 Å². The second kappa shape index (κ2) is 4.21. The summed E-state index contributed by atoms with van der Waals surface area (Å²) < 4.78 is 66.6. The molecule has 1 N–H and O–H groups in total. The molecule has 2 heterocycles. The topological polar surface area (TPSA) is 24.5 Å². The number of morpholine rings is 1. The van der Waals surface area contributed by atoms with Crippen LogP contribution in [0.2, 0.25) is 0 Å². The molecule has 0 bridgehead atoms. The standard InChI is InChI=1S/C9H18N2O/c1-3-10-4-2-9(1)11-5-7-12-8-6-11/h9-10H,1-8H2/i5D2,6D2,7D2,8D2. The second-order valence-corrected chi connectivity index (χ2v) is 2.88. The van der Waals surface area contributed by atoms with Crippen molar-refractivity contribution < 1.29 is 15.7 Å². The zero-order chi connectivity index (χ0) is 15.4. The van der Waals surface area contributed by atoms with Crippen LogP contribution >= 0.6 is 0 Å². The number of nitrogens with one attached hydrogen (secondary N) is 1. The largest absolute Gasteiger partial charge is 0.379 e. The summed E-state index contributed by atoms with van der Waals surface area (Å²) in [6.45, 7) is -10.3. The van der Waals surface area contributed by atoms with E-state index in [2.05, 4.69) is 10.1 Å². The summed E-state index contributed by atoms with van der Waals surface area (Å²) in [6, 6.07) is -0.588. The van der Waals surface area contributed by atoms with Gasteiger partial charge >= 0.3 is 0 Å². The van der Waals surface area contributed by atoms with Gasteiger partial charge in [-0.2, -0.15) is 0 Å². The van der Waals surface area contributed by atoms with Crippen LogP contribution in [0.4, 0.5) is 0 Å². The van der Waals surface area contributed by atoms with Crippen LogP contribution in [0.5, 0.6) is 0 Å². The van der Waals surface area contributed by atoms with E-state index < -0.39 is 32.2 Å². The molecule has 0 saturated carbocycles. The molecule has 2 aliphatic heterocycles. The Labute approximate surface area is 85.3 Å². The molecule has 12 heavy (non-hydrogen) atoms. The van der Waals surface area contributed by atoms with Crippen molar-refractivity contribution in [2.24, 2.45) is 0 Å². The number of piperidine rings is 1. The molecule has 0 spiro atoms. The maximum absolute atomic E-state index is 7.92. The molecule has 0 aromatic heterocycles. The Morgan fingerprint density at radius 1 is 1.25 bits per heavy atom. The van der Waals surface area contributed by atoms with Crippen LogP contribution in [0, 0.1) is 0 Å². The molecule has 70 valence electrons. The van der Waals surface area contributed by atoms with E-state index in [1.165, 1.54) is 0 Å². The Morgan fingerprint density at radius 2 is 1.92 bits per heavy atom. The molecule has 0 radical (unpaired) electrons. The fourth-order valence-electron chi connectivity index (χ4n) is 1.44. The summed E-state index contributed by atoms with van der Waals surface area (Å²) in [6.07, 6.45) is 0.844. The molecule has 2 rings (SSSR count).